The number of hydrogen-bond acceptors (Lipinski definition) is 3. The van der Waals surface area contributed by atoms with Crippen LogP contribution in [0.3, 0.4) is 0 Å². The number of carbonyl (C=O) groups excluding carboxylic acids is 1. The molecule has 0 amide bonds. The number of H-pyrrole nitrogens is 1. The van der Waals surface area contributed by atoms with Gasteiger partial charge in [-0.1, -0.05) is 0 Å². The molecule has 2 rings (SSSR count). The molecule has 0 atom stereocenters. The van der Waals surface area contributed by atoms with Gasteiger partial charge in [0.05, 0.1) is 18.5 Å². The highest BCUT2D eigenvalue weighted by molar-refractivity contribution is 5.95. The molecule has 0 aliphatic heterocycles. The second kappa shape index (κ2) is 5.01. The van der Waals surface area contributed by atoms with Gasteiger partial charge in [0.15, 0.2) is 5.78 Å². The van der Waals surface area contributed by atoms with Crippen molar-refractivity contribution in [1.82, 2.24) is 9.88 Å². The molecule has 17 heavy (non-hydrogen) atoms. The summed E-state index contributed by atoms with van der Waals surface area (Å²) in [5.74, 6) is 1.00. The lowest BCUT2D eigenvalue weighted by molar-refractivity contribution is 0.0938. The number of hydrogen-bond donors (Lipinski definition) is 1. The van der Waals surface area contributed by atoms with Crippen LogP contribution in [-0.2, 0) is 6.54 Å². The van der Waals surface area contributed by atoms with Gasteiger partial charge in [0, 0.05) is 18.3 Å². The first kappa shape index (κ1) is 11.7. The molecule has 0 aliphatic rings. The monoisotopic (exact) mass is 232 g/mol. The molecular formula is C13H16N2O2. The van der Waals surface area contributed by atoms with Gasteiger partial charge in [-0.25, -0.2) is 0 Å². The number of aromatic nitrogens is 1. The smallest absolute Gasteiger partial charge is 0.192 e. The summed E-state index contributed by atoms with van der Waals surface area (Å²) in [6.45, 7) is 3.04. The van der Waals surface area contributed by atoms with Crippen molar-refractivity contribution < 1.29 is 9.21 Å². The normalized spacial score (nSPS) is 11.0. The lowest BCUT2D eigenvalue weighted by Crippen LogP contribution is -2.25. The van der Waals surface area contributed by atoms with Crippen molar-refractivity contribution in [2.75, 3.05) is 13.6 Å². The number of nitrogens with one attached hydrogen (secondary N) is 1. The van der Waals surface area contributed by atoms with Gasteiger partial charge in [-0.3, -0.25) is 9.69 Å². The summed E-state index contributed by atoms with van der Waals surface area (Å²) in [6.07, 6.45) is 3.43. The van der Waals surface area contributed by atoms with Crippen LogP contribution in [0.25, 0.3) is 0 Å². The van der Waals surface area contributed by atoms with E-state index in [2.05, 4.69) is 4.98 Å². The Morgan fingerprint density at radius 3 is 2.88 bits per heavy atom. The van der Waals surface area contributed by atoms with Crippen LogP contribution in [0, 0.1) is 6.92 Å². The largest absolute Gasteiger partial charge is 0.469 e. The third kappa shape index (κ3) is 2.85. The van der Waals surface area contributed by atoms with E-state index in [1.807, 2.05) is 31.0 Å². The average Bonchev–Trinajstić information content (AvgIpc) is 2.90. The van der Waals surface area contributed by atoms with Gasteiger partial charge in [-0.15, -0.1) is 0 Å². The van der Waals surface area contributed by atoms with E-state index in [1.165, 1.54) is 0 Å². The number of ketones is 1. The van der Waals surface area contributed by atoms with Crippen LogP contribution in [0.5, 0.6) is 0 Å². The van der Waals surface area contributed by atoms with Crippen LogP contribution in [0.4, 0.5) is 0 Å². The van der Waals surface area contributed by atoms with Crippen molar-refractivity contribution in [2.45, 2.75) is 13.5 Å². The van der Waals surface area contributed by atoms with E-state index in [-0.39, 0.29) is 5.78 Å². The molecule has 2 aromatic heterocycles. The Bertz CT molecular complexity index is 485. The zero-order valence-corrected chi connectivity index (χ0v) is 10.1. The van der Waals surface area contributed by atoms with Crippen molar-refractivity contribution in [2.24, 2.45) is 0 Å². The first-order valence-corrected chi connectivity index (χ1v) is 5.55. The van der Waals surface area contributed by atoms with Crippen LogP contribution < -0.4 is 0 Å². The highest BCUT2D eigenvalue weighted by atomic mass is 16.3. The minimum absolute atomic E-state index is 0.0960. The van der Waals surface area contributed by atoms with Gasteiger partial charge >= 0.3 is 0 Å². The predicted molar refractivity (Wildman–Crippen MR) is 64.9 cm³/mol. The van der Waals surface area contributed by atoms with Gasteiger partial charge in [-0.2, -0.15) is 0 Å². The van der Waals surface area contributed by atoms with E-state index in [1.54, 1.807) is 18.5 Å². The van der Waals surface area contributed by atoms with E-state index >= 15 is 0 Å². The van der Waals surface area contributed by atoms with Crippen LogP contribution >= 0.6 is 0 Å². The summed E-state index contributed by atoms with van der Waals surface area (Å²) >= 11 is 0. The lowest BCUT2D eigenvalue weighted by atomic mass is 10.2. The Labute approximate surface area is 100 Å². The third-order valence-electron chi connectivity index (χ3n) is 2.72. The molecule has 0 aliphatic carbocycles. The van der Waals surface area contributed by atoms with Crippen LogP contribution in [0.1, 0.15) is 21.8 Å². The fourth-order valence-corrected chi connectivity index (χ4v) is 1.76. The molecule has 90 valence electrons. The summed E-state index contributed by atoms with van der Waals surface area (Å²) in [7, 11) is 1.92. The third-order valence-corrected chi connectivity index (χ3v) is 2.72. The topological polar surface area (TPSA) is 49.2 Å². The minimum Gasteiger partial charge on any atom is -0.469 e. The maximum Gasteiger partial charge on any atom is 0.192 e. The fourth-order valence-electron chi connectivity index (χ4n) is 1.76. The number of aryl methyl sites for hydroxylation is 1. The Kier molecular flexibility index (Phi) is 3.44. The van der Waals surface area contributed by atoms with Crippen molar-refractivity contribution in [3.63, 3.8) is 0 Å². The van der Waals surface area contributed by atoms with Gasteiger partial charge in [-0.05, 0) is 32.2 Å². The molecule has 2 aromatic rings. The van der Waals surface area contributed by atoms with Crippen molar-refractivity contribution >= 4 is 5.78 Å². The molecule has 4 heteroatoms. The fraction of sp³-hybridized carbons (Fsp3) is 0.308. The summed E-state index contributed by atoms with van der Waals surface area (Å²) in [6, 6.07) is 5.55. The quantitative estimate of drug-likeness (QED) is 0.804. The number of aromatic amines is 1. The summed E-state index contributed by atoms with van der Waals surface area (Å²) in [4.78, 5) is 16.7. The molecule has 0 aromatic carbocycles. The molecule has 0 saturated carbocycles. The predicted octanol–water partition coefficient (Wildman–Crippen LogP) is 2.23. The number of furan rings is 1. The summed E-state index contributed by atoms with van der Waals surface area (Å²) in [5.41, 5.74) is 1.77. The summed E-state index contributed by atoms with van der Waals surface area (Å²) < 4.78 is 5.22. The lowest BCUT2D eigenvalue weighted by Gasteiger charge is -2.14. The molecular weight excluding hydrogens is 216 g/mol. The van der Waals surface area contributed by atoms with E-state index in [0.29, 0.717) is 12.2 Å². The number of rotatable bonds is 5. The number of nitrogens with zero attached hydrogens (tertiary/aromatic N) is 1. The van der Waals surface area contributed by atoms with Crippen LogP contribution in [-0.4, -0.2) is 29.3 Å². The maximum absolute atomic E-state index is 11.8. The summed E-state index contributed by atoms with van der Waals surface area (Å²) in [5, 5.41) is 0. The molecule has 0 radical (unpaired) electrons. The Morgan fingerprint density at radius 2 is 2.29 bits per heavy atom. The molecule has 2 heterocycles. The minimum atomic E-state index is 0.0960. The molecule has 0 bridgehead atoms. The molecule has 0 unspecified atom stereocenters. The molecule has 4 nitrogen and oxygen atoms in total. The second-order valence-electron chi connectivity index (χ2n) is 4.18. The number of Topliss-reactive ketones (excluding diaryl/α,β-unsaturated/α-hetero) is 1. The van der Waals surface area contributed by atoms with E-state index in [9.17, 15) is 4.79 Å². The van der Waals surface area contributed by atoms with Crippen LogP contribution in [0.15, 0.2) is 35.1 Å². The first-order chi connectivity index (χ1) is 8.16. The van der Waals surface area contributed by atoms with Crippen LogP contribution in [0.2, 0.25) is 0 Å². The first-order valence-electron chi connectivity index (χ1n) is 5.55. The van der Waals surface area contributed by atoms with Gasteiger partial charge < -0.3 is 9.40 Å². The molecule has 1 N–H and O–H groups in total. The van der Waals surface area contributed by atoms with Gasteiger partial charge in [0.2, 0.25) is 0 Å². The van der Waals surface area contributed by atoms with Crippen molar-refractivity contribution in [1.29, 1.82) is 0 Å². The molecule has 0 saturated heterocycles. The van der Waals surface area contributed by atoms with Gasteiger partial charge in [0.25, 0.3) is 0 Å². The zero-order valence-electron chi connectivity index (χ0n) is 10.1. The van der Waals surface area contributed by atoms with E-state index in [4.69, 9.17) is 4.42 Å². The van der Waals surface area contributed by atoms with E-state index < -0.39 is 0 Å². The van der Waals surface area contributed by atoms with Crippen molar-refractivity contribution in [3.8, 4) is 0 Å². The highest BCUT2D eigenvalue weighted by Crippen LogP contribution is 2.11. The SMILES string of the molecule is Cc1occc1CN(C)CC(=O)c1ccc[nH]1. The second-order valence-corrected chi connectivity index (χ2v) is 4.18. The Morgan fingerprint density at radius 1 is 1.47 bits per heavy atom. The standard InChI is InChI=1S/C13H16N2O2/c1-10-11(5-7-17-10)8-15(2)9-13(16)12-4-3-6-14-12/h3-7,14H,8-9H2,1-2H3. The van der Waals surface area contributed by atoms with Gasteiger partial charge in [0.1, 0.15) is 5.76 Å². The highest BCUT2D eigenvalue weighted by Gasteiger charge is 2.11. The Balaban J connectivity index is 1.92. The Hall–Kier alpha value is -1.81. The van der Waals surface area contributed by atoms with E-state index in [0.717, 1.165) is 17.9 Å². The molecule has 0 spiro atoms. The average molecular weight is 232 g/mol. The molecule has 0 fully saturated rings. The number of carbonyl (C=O) groups is 1. The zero-order chi connectivity index (χ0) is 12.3. The number of likely N-dealkylation sites (N-methyl/N-ethyl adjacent to an activating group) is 1. The van der Waals surface area contributed by atoms with Crippen molar-refractivity contribution in [3.05, 3.63) is 47.7 Å². The maximum atomic E-state index is 11.8.